The number of aliphatic carboxylic acids is 2. The predicted octanol–water partition coefficient (Wildman–Crippen LogP) is -0.0509. The molecule has 0 aromatic carbocycles. The van der Waals surface area contributed by atoms with E-state index in [-0.39, 0.29) is 11.3 Å². The van der Waals surface area contributed by atoms with Crippen molar-refractivity contribution >= 4 is 17.8 Å². The van der Waals surface area contributed by atoms with E-state index in [4.69, 9.17) is 14.7 Å². The van der Waals surface area contributed by atoms with E-state index in [0.717, 1.165) is 0 Å². The number of carboxylic acids is 2. The second-order valence-electron chi connectivity index (χ2n) is 3.66. The Bertz CT molecular complexity index is 473. The van der Waals surface area contributed by atoms with E-state index in [0.29, 0.717) is 5.69 Å². The maximum atomic E-state index is 11.8. The van der Waals surface area contributed by atoms with Crippen LogP contribution in [0.3, 0.4) is 0 Å². The minimum absolute atomic E-state index is 0.117. The van der Waals surface area contributed by atoms with Crippen LogP contribution in [0.2, 0.25) is 0 Å². The van der Waals surface area contributed by atoms with Gasteiger partial charge in [0, 0.05) is 0 Å². The summed E-state index contributed by atoms with van der Waals surface area (Å²) < 4.78 is 4.76. The number of hydrogen-bond acceptors (Lipinski definition) is 5. The van der Waals surface area contributed by atoms with Crippen LogP contribution in [0, 0.1) is 13.8 Å². The Kier molecular flexibility index (Phi) is 4.03. The standard InChI is InChI=1S/C10H12N2O6/c1-4-8(5(2)18-12-4)9(15)11-6(10(16)17)3-7(13)14/h6H,3H2,1-2H3,(H,11,15)(H,13,14)(H,16,17)/t6-/m0/s1. The molecule has 18 heavy (non-hydrogen) atoms. The summed E-state index contributed by atoms with van der Waals surface area (Å²) in [6, 6.07) is -1.50. The summed E-state index contributed by atoms with van der Waals surface area (Å²) in [7, 11) is 0. The maximum absolute atomic E-state index is 11.8. The Labute approximate surface area is 102 Å². The number of aryl methyl sites for hydroxylation is 2. The van der Waals surface area contributed by atoms with Crippen molar-refractivity contribution in [3.8, 4) is 0 Å². The van der Waals surface area contributed by atoms with Crippen LogP contribution in [0.25, 0.3) is 0 Å². The smallest absolute Gasteiger partial charge is 0.326 e. The molecule has 0 fully saturated rings. The molecule has 0 saturated heterocycles. The molecule has 1 atom stereocenters. The van der Waals surface area contributed by atoms with Crippen molar-refractivity contribution in [3.63, 3.8) is 0 Å². The third-order valence-electron chi connectivity index (χ3n) is 2.24. The molecule has 0 aliphatic rings. The van der Waals surface area contributed by atoms with E-state index in [1.165, 1.54) is 13.8 Å². The fraction of sp³-hybridized carbons (Fsp3) is 0.400. The van der Waals surface area contributed by atoms with Crippen molar-refractivity contribution in [2.24, 2.45) is 0 Å². The van der Waals surface area contributed by atoms with Crippen LogP contribution in [0.15, 0.2) is 4.52 Å². The van der Waals surface area contributed by atoms with Crippen LogP contribution in [0.5, 0.6) is 0 Å². The molecule has 1 aromatic heterocycles. The summed E-state index contributed by atoms with van der Waals surface area (Å²) in [6.45, 7) is 3.03. The number of carbonyl (C=O) groups is 3. The van der Waals surface area contributed by atoms with Gasteiger partial charge in [0.25, 0.3) is 5.91 Å². The molecule has 0 radical (unpaired) electrons. The molecule has 8 heteroatoms. The molecule has 1 aromatic rings. The fourth-order valence-electron chi connectivity index (χ4n) is 1.41. The first-order valence-electron chi connectivity index (χ1n) is 5.01. The highest BCUT2D eigenvalue weighted by molar-refractivity contribution is 5.98. The van der Waals surface area contributed by atoms with Crippen LogP contribution < -0.4 is 5.32 Å². The largest absolute Gasteiger partial charge is 0.481 e. The molecule has 1 rings (SSSR count). The quantitative estimate of drug-likeness (QED) is 0.673. The fourth-order valence-corrected chi connectivity index (χ4v) is 1.41. The first kappa shape index (κ1) is 13.7. The van der Waals surface area contributed by atoms with E-state index < -0.39 is 30.3 Å². The molecular weight excluding hydrogens is 244 g/mol. The zero-order valence-electron chi connectivity index (χ0n) is 9.76. The zero-order valence-corrected chi connectivity index (χ0v) is 9.76. The van der Waals surface area contributed by atoms with Crippen molar-refractivity contribution in [1.29, 1.82) is 0 Å². The van der Waals surface area contributed by atoms with E-state index in [2.05, 4.69) is 10.5 Å². The number of amides is 1. The molecular formula is C10H12N2O6. The lowest BCUT2D eigenvalue weighted by atomic mass is 10.1. The van der Waals surface area contributed by atoms with Crippen molar-refractivity contribution < 1.29 is 29.1 Å². The van der Waals surface area contributed by atoms with Gasteiger partial charge in [0.15, 0.2) is 0 Å². The number of nitrogens with one attached hydrogen (secondary N) is 1. The monoisotopic (exact) mass is 256 g/mol. The zero-order chi connectivity index (χ0) is 13.9. The third kappa shape index (κ3) is 3.06. The van der Waals surface area contributed by atoms with Crippen molar-refractivity contribution in [2.45, 2.75) is 26.3 Å². The van der Waals surface area contributed by atoms with E-state index >= 15 is 0 Å². The Morgan fingerprint density at radius 2 is 1.94 bits per heavy atom. The Morgan fingerprint density at radius 3 is 2.33 bits per heavy atom. The number of aromatic nitrogens is 1. The van der Waals surface area contributed by atoms with Gasteiger partial charge in [0.2, 0.25) is 0 Å². The highest BCUT2D eigenvalue weighted by Crippen LogP contribution is 2.12. The molecule has 98 valence electrons. The molecule has 0 aliphatic heterocycles. The summed E-state index contributed by atoms with van der Waals surface area (Å²) in [4.78, 5) is 33.0. The summed E-state index contributed by atoms with van der Waals surface area (Å²) in [5.41, 5.74) is 0.427. The Morgan fingerprint density at radius 1 is 1.33 bits per heavy atom. The first-order valence-corrected chi connectivity index (χ1v) is 5.01. The van der Waals surface area contributed by atoms with E-state index in [1.54, 1.807) is 0 Å². The maximum Gasteiger partial charge on any atom is 0.326 e. The molecule has 3 N–H and O–H groups in total. The van der Waals surface area contributed by atoms with Gasteiger partial charge in [-0.3, -0.25) is 9.59 Å². The van der Waals surface area contributed by atoms with Gasteiger partial charge < -0.3 is 20.1 Å². The third-order valence-corrected chi connectivity index (χ3v) is 2.24. The van der Waals surface area contributed by atoms with Gasteiger partial charge in [-0.05, 0) is 13.8 Å². The van der Waals surface area contributed by atoms with Gasteiger partial charge in [0.05, 0.1) is 12.1 Å². The lowest BCUT2D eigenvalue weighted by molar-refractivity contribution is -0.145. The average molecular weight is 256 g/mol. The molecule has 1 amide bonds. The molecule has 0 unspecified atom stereocenters. The van der Waals surface area contributed by atoms with Gasteiger partial charge in [0.1, 0.15) is 17.4 Å². The molecule has 0 bridgehead atoms. The summed E-state index contributed by atoms with van der Waals surface area (Å²) in [5.74, 6) is -3.22. The lowest BCUT2D eigenvalue weighted by Gasteiger charge is -2.11. The predicted molar refractivity (Wildman–Crippen MR) is 57.1 cm³/mol. The van der Waals surface area contributed by atoms with Crippen LogP contribution in [0.4, 0.5) is 0 Å². The van der Waals surface area contributed by atoms with Gasteiger partial charge in [-0.25, -0.2) is 4.79 Å². The number of carbonyl (C=O) groups excluding carboxylic acids is 1. The van der Waals surface area contributed by atoms with Gasteiger partial charge in [-0.15, -0.1) is 0 Å². The Hall–Kier alpha value is -2.38. The van der Waals surface area contributed by atoms with E-state index in [1.807, 2.05) is 0 Å². The van der Waals surface area contributed by atoms with Gasteiger partial charge >= 0.3 is 11.9 Å². The molecule has 0 aliphatic carbocycles. The lowest BCUT2D eigenvalue weighted by Crippen LogP contribution is -2.42. The Balaban J connectivity index is 2.85. The van der Waals surface area contributed by atoms with Crippen LogP contribution in [-0.4, -0.2) is 39.3 Å². The second-order valence-corrected chi connectivity index (χ2v) is 3.66. The van der Waals surface area contributed by atoms with Gasteiger partial charge in [-0.2, -0.15) is 0 Å². The van der Waals surface area contributed by atoms with E-state index in [9.17, 15) is 14.4 Å². The molecule has 8 nitrogen and oxygen atoms in total. The SMILES string of the molecule is Cc1noc(C)c1C(=O)N[C@@H](CC(=O)O)C(=O)O. The number of carboxylic acid groups (broad SMARTS) is 2. The highest BCUT2D eigenvalue weighted by Gasteiger charge is 2.26. The summed E-state index contributed by atoms with van der Waals surface area (Å²) in [6.07, 6.45) is -0.704. The topological polar surface area (TPSA) is 130 Å². The van der Waals surface area contributed by atoms with Crippen LogP contribution in [0.1, 0.15) is 28.2 Å². The van der Waals surface area contributed by atoms with Crippen molar-refractivity contribution in [1.82, 2.24) is 10.5 Å². The highest BCUT2D eigenvalue weighted by atomic mass is 16.5. The molecule has 0 spiro atoms. The van der Waals surface area contributed by atoms with Crippen molar-refractivity contribution in [3.05, 3.63) is 17.0 Å². The van der Waals surface area contributed by atoms with Crippen LogP contribution >= 0.6 is 0 Å². The van der Waals surface area contributed by atoms with Gasteiger partial charge in [-0.1, -0.05) is 5.16 Å². The normalized spacial score (nSPS) is 11.9. The molecule has 0 saturated carbocycles. The van der Waals surface area contributed by atoms with Crippen LogP contribution in [-0.2, 0) is 9.59 Å². The first-order chi connectivity index (χ1) is 8.32. The number of hydrogen-bond donors (Lipinski definition) is 3. The average Bonchev–Trinajstić information content (AvgIpc) is 2.56. The minimum Gasteiger partial charge on any atom is -0.481 e. The summed E-state index contributed by atoms with van der Waals surface area (Å²) in [5, 5.41) is 23.0. The van der Waals surface area contributed by atoms with Crippen molar-refractivity contribution in [2.75, 3.05) is 0 Å². The minimum atomic E-state index is -1.50. The summed E-state index contributed by atoms with van der Waals surface area (Å²) >= 11 is 0. The molecule has 1 heterocycles. The second kappa shape index (κ2) is 5.30. The number of rotatable bonds is 5. The number of nitrogens with zero attached hydrogens (tertiary/aromatic N) is 1.